The van der Waals surface area contributed by atoms with Gasteiger partial charge in [-0.15, -0.1) is 0 Å². The molecule has 0 radical (unpaired) electrons. The molecule has 108 valence electrons. The van der Waals surface area contributed by atoms with Crippen LogP contribution < -0.4 is 0 Å². The third kappa shape index (κ3) is 3.17. The van der Waals surface area contributed by atoms with E-state index < -0.39 is 23.8 Å². The Kier molecular flexibility index (Phi) is 4.39. The van der Waals surface area contributed by atoms with Crippen molar-refractivity contribution in [3.05, 3.63) is 35.4 Å². The van der Waals surface area contributed by atoms with Crippen molar-refractivity contribution in [2.24, 2.45) is 11.8 Å². The van der Waals surface area contributed by atoms with E-state index in [0.717, 1.165) is 5.56 Å². The van der Waals surface area contributed by atoms with Gasteiger partial charge in [0.1, 0.15) is 0 Å². The molecule has 0 amide bonds. The molecule has 0 aliphatic carbocycles. The van der Waals surface area contributed by atoms with Gasteiger partial charge >= 0.3 is 11.9 Å². The third-order valence-electron chi connectivity index (χ3n) is 3.99. The number of carbonyl (C=O) groups is 2. The van der Waals surface area contributed by atoms with E-state index in [9.17, 15) is 14.7 Å². The molecule has 1 saturated heterocycles. The second-order valence-electron chi connectivity index (χ2n) is 5.34. The zero-order valence-corrected chi connectivity index (χ0v) is 11.5. The number of hydrogen-bond acceptors (Lipinski definition) is 3. The molecule has 5 nitrogen and oxygen atoms in total. The first-order chi connectivity index (χ1) is 9.49. The standard InChI is InChI=1S/C15H19NO4/c1-10-4-2-3-5-11(10)8-16-7-6-12(14(17)18)13(9-16)15(19)20/h2-5,12-13H,6-9H2,1H3,(H,17,18)(H,19,20). The predicted molar refractivity (Wildman–Crippen MR) is 73.3 cm³/mol. The first kappa shape index (κ1) is 14.5. The van der Waals surface area contributed by atoms with Crippen molar-refractivity contribution in [3.63, 3.8) is 0 Å². The first-order valence-corrected chi connectivity index (χ1v) is 6.71. The second kappa shape index (κ2) is 6.05. The molecule has 2 rings (SSSR count). The molecule has 20 heavy (non-hydrogen) atoms. The van der Waals surface area contributed by atoms with Gasteiger partial charge in [-0.3, -0.25) is 14.5 Å². The van der Waals surface area contributed by atoms with Crippen LogP contribution in [0.15, 0.2) is 24.3 Å². The number of aryl methyl sites for hydroxylation is 1. The van der Waals surface area contributed by atoms with Crippen LogP contribution in [0.25, 0.3) is 0 Å². The molecule has 1 heterocycles. The summed E-state index contributed by atoms with van der Waals surface area (Å²) in [4.78, 5) is 24.4. The molecule has 1 aromatic carbocycles. The fourth-order valence-electron chi connectivity index (χ4n) is 2.74. The minimum Gasteiger partial charge on any atom is -0.481 e. The molecule has 2 atom stereocenters. The summed E-state index contributed by atoms with van der Waals surface area (Å²) >= 11 is 0. The number of rotatable bonds is 4. The molecule has 5 heteroatoms. The van der Waals surface area contributed by atoms with E-state index in [2.05, 4.69) is 0 Å². The van der Waals surface area contributed by atoms with Crippen LogP contribution in [0, 0.1) is 18.8 Å². The van der Waals surface area contributed by atoms with Gasteiger partial charge in [0.05, 0.1) is 11.8 Å². The molecule has 1 fully saturated rings. The second-order valence-corrected chi connectivity index (χ2v) is 5.34. The Bertz CT molecular complexity index is 514. The van der Waals surface area contributed by atoms with Gasteiger partial charge in [0.25, 0.3) is 0 Å². The van der Waals surface area contributed by atoms with Gasteiger partial charge < -0.3 is 10.2 Å². The van der Waals surface area contributed by atoms with Crippen LogP contribution >= 0.6 is 0 Å². The summed E-state index contributed by atoms with van der Waals surface area (Å²) < 4.78 is 0. The van der Waals surface area contributed by atoms with Gasteiger partial charge in [-0.1, -0.05) is 24.3 Å². The minimum atomic E-state index is -1.02. The molecule has 0 bridgehead atoms. The summed E-state index contributed by atoms with van der Waals surface area (Å²) in [6, 6.07) is 7.97. The molecule has 1 aliphatic rings. The van der Waals surface area contributed by atoms with E-state index >= 15 is 0 Å². The summed E-state index contributed by atoms with van der Waals surface area (Å²) in [7, 11) is 0. The minimum absolute atomic E-state index is 0.292. The Morgan fingerprint density at radius 1 is 1.20 bits per heavy atom. The lowest BCUT2D eigenvalue weighted by molar-refractivity contribution is -0.157. The Morgan fingerprint density at radius 2 is 1.85 bits per heavy atom. The van der Waals surface area contributed by atoms with Crippen LogP contribution in [0.5, 0.6) is 0 Å². The predicted octanol–water partition coefficient (Wildman–Crippen LogP) is 1.60. The number of likely N-dealkylation sites (tertiary alicyclic amines) is 1. The Balaban J connectivity index is 2.07. The molecule has 1 aromatic rings. The summed E-state index contributed by atoms with van der Waals surface area (Å²) in [6.45, 7) is 3.60. The van der Waals surface area contributed by atoms with Crippen molar-refractivity contribution < 1.29 is 19.8 Å². The van der Waals surface area contributed by atoms with Crippen molar-refractivity contribution in [2.45, 2.75) is 19.9 Å². The quantitative estimate of drug-likeness (QED) is 0.874. The summed E-state index contributed by atoms with van der Waals surface area (Å²) in [5.41, 5.74) is 2.32. The Labute approximate surface area is 117 Å². The van der Waals surface area contributed by atoms with E-state index in [1.54, 1.807) is 0 Å². The van der Waals surface area contributed by atoms with Gasteiger partial charge in [0.15, 0.2) is 0 Å². The third-order valence-corrected chi connectivity index (χ3v) is 3.99. The van der Waals surface area contributed by atoms with E-state index in [0.29, 0.717) is 26.1 Å². The summed E-state index contributed by atoms with van der Waals surface area (Å²) in [6.07, 6.45) is 0.387. The number of aliphatic carboxylic acids is 2. The van der Waals surface area contributed by atoms with Crippen molar-refractivity contribution in [2.75, 3.05) is 13.1 Å². The van der Waals surface area contributed by atoms with Crippen molar-refractivity contribution in [1.82, 2.24) is 4.90 Å². The molecule has 0 saturated carbocycles. The van der Waals surface area contributed by atoms with Crippen LogP contribution in [0.3, 0.4) is 0 Å². The van der Waals surface area contributed by atoms with Gasteiger partial charge in [0, 0.05) is 13.1 Å². The van der Waals surface area contributed by atoms with E-state index in [4.69, 9.17) is 5.11 Å². The largest absolute Gasteiger partial charge is 0.481 e. The van der Waals surface area contributed by atoms with Crippen LogP contribution in [-0.4, -0.2) is 40.1 Å². The average molecular weight is 277 g/mol. The average Bonchev–Trinajstić information content (AvgIpc) is 2.41. The number of carboxylic acids is 2. The Hall–Kier alpha value is -1.88. The van der Waals surface area contributed by atoms with Crippen LogP contribution in [0.1, 0.15) is 17.5 Å². The molecule has 2 unspecified atom stereocenters. The summed E-state index contributed by atoms with van der Waals surface area (Å²) in [5.74, 6) is -3.63. The molecular weight excluding hydrogens is 258 g/mol. The normalized spacial score (nSPS) is 23.4. The topological polar surface area (TPSA) is 77.8 Å². The fraction of sp³-hybridized carbons (Fsp3) is 0.467. The number of benzene rings is 1. The maximum atomic E-state index is 11.2. The van der Waals surface area contributed by atoms with E-state index in [-0.39, 0.29) is 0 Å². The monoisotopic (exact) mass is 277 g/mol. The molecule has 0 spiro atoms. The number of piperidine rings is 1. The fourth-order valence-corrected chi connectivity index (χ4v) is 2.74. The van der Waals surface area contributed by atoms with Crippen molar-refractivity contribution in [1.29, 1.82) is 0 Å². The lowest BCUT2D eigenvalue weighted by Gasteiger charge is -2.34. The maximum Gasteiger partial charge on any atom is 0.308 e. The van der Waals surface area contributed by atoms with Gasteiger partial charge in [-0.05, 0) is 31.0 Å². The molecular formula is C15H19NO4. The van der Waals surface area contributed by atoms with Crippen molar-refractivity contribution in [3.8, 4) is 0 Å². The van der Waals surface area contributed by atoms with Gasteiger partial charge in [0.2, 0.25) is 0 Å². The smallest absolute Gasteiger partial charge is 0.308 e. The lowest BCUT2D eigenvalue weighted by atomic mass is 9.85. The first-order valence-electron chi connectivity index (χ1n) is 6.71. The number of nitrogens with zero attached hydrogens (tertiary/aromatic N) is 1. The highest BCUT2D eigenvalue weighted by molar-refractivity contribution is 5.80. The Morgan fingerprint density at radius 3 is 2.45 bits per heavy atom. The van der Waals surface area contributed by atoms with E-state index in [1.807, 2.05) is 36.1 Å². The molecule has 1 aliphatic heterocycles. The number of carboxylic acid groups (broad SMARTS) is 2. The van der Waals surface area contributed by atoms with Gasteiger partial charge in [-0.25, -0.2) is 0 Å². The molecule has 2 N–H and O–H groups in total. The summed E-state index contributed by atoms with van der Waals surface area (Å²) in [5, 5.41) is 18.3. The van der Waals surface area contributed by atoms with Crippen LogP contribution in [0.2, 0.25) is 0 Å². The highest BCUT2D eigenvalue weighted by atomic mass is 16.4. The lowest BCUT2D eigenvalue weighted by Crippen LogP contribution is -2.46. The number of hydrogen-bond donors (Lipinski definition) is 2. The SMILES string of the molecule is Cc1ccccc1CN1CCC(C(=O)O)C(C(=O)O)C1. The zero-order valence-electron chi connectivity index (χ0n) is 11.5. The van der Waals surface area contributed by atoms with Crippen molar-refractivity contribution >= 4 is 11.9 Å². The van der Waals surface area contributed by atoms with Gasteiger partial charge in [-0.2, -0.15) is 0 Å². The maximum absolute atomic E-state index is 11.2. The van der Waals surface area contributed by atoms with Crippen LogP contribution in [-0.2, 0) is 16.1 Å². The highest BCUT2D eigenvalue weighted by Gasteiger charge is 2.38. The molecule has 0 aromatic heterocycles. The zero-order chi connectivity index (χ0) is 14.7. The van der Waals surface area contributed by atoms with E-state index in [1.165, 1.54) is 5.56 Å². The van der Waals surface area contributed by atoms with Crippen LogP contribution in [0.4, 0.5) is 0 Å². The highest BCUT2D eigenvalue weighted by Crippen LogP contribution is 2.26.